The average Bonchev–Trinajstić information content (AvgIpc) is 2.54. The zero-order chi connectivity index (χ0) is 16.4. The van der Waals surface area contributed by atoms with Gasteiger partial charge in [-0.3, -0.25) is 4.79 Å². The Kier molecular flexibility index (Phi) is 4.91. The molecule has 8 heteroatoms. The predicted molar refractivity (Wildman–Crippen MR) is 90.5 cm³/mol. The minimum Gasteiger partial charge on any atom is -0.369 e. The second kappa shape index (κ2) is 6.92. The fourth-order valence-corrected chi connectivity index (χ4v) is 4.03. The van der Waals surface area contributed by atoms with Crippen molar-refractivity contribution in [2.24, 2.45) is 5.73 Å². The number of hydrogen-bond donors (Lipinski definition) is 1. The molecule has 0 unspecified atom stereocenters. The van der Waals surface area contributed by atoms with Gasteiger partial charge in [0.1, 0.15) is 5.03 Å². The summed E-state index contributed by atoms with van der Waals surface area (Å²) < 4.78 is 1.79. The van der Waals surface area contributed by atoms with Gasteiger partial charge in [0.2, 0.25) is 5.91 Å². The van der Waals surface area contributed by atoms with Gasteiger partial charge in [-0.1, -0.05) is 11.8 Å². The van der Waals surface area contributed by atoms with Crippen LogP contribution in [0.1, 0.15) is 24.1 Å². The molecule has 0 bridgehead atoms. The molecule has 2 aliphatic rings. The van der Waals surface area contributed by atoms with Crippen molar-refractivity contribution in [1.82, 2.24) is 14.6 Å². The zero-order valence-corrected chi connectivity index (χ0v) is 14.3. The number of likely N-dealkylation sites (N-methyl/N-ethyl adjacent to an activating group) is 1. The summed E-state index contributed by atoms with van der Waals surface area (Å²) in [7, 11) is 2.09. The Morgan fingerprint density at radius 2 is 1.91 bits per heavy atom. The van der Waals surface area contributed by atoms with Crippen molar-refractivity contribution in [3.8, 4) is 0 Å². The zero-order valence-electron chi connectivity index (χ0n) is 13.5. The van der Waals surface area contributed by atoms with Crippen LogP contribution in [0.15, 0.2) is 9.82 Å². The van der Waals surface area contributed by atoms with Crippen LogP contribution in [-0.2, 0) is 17.6 Å². The van der Waals surface area contributed by atoms with Crippen molar-refractivity contribution in [1.29, 1.82) is 0 Å². The third-order valence-electron chi connectivity index (χ3n) is 4.44. The number of primary amides is 1. The van der Waals surface area contributed by atoms with Gasteiger partial charge in [0.05, 0.1) is 11.4 Å². The summed E-state index contributed by atoms with van der Waals surface area (Å²) >= 11 is 1.29. The number of nitrogens with zero attached hydrogens (tertiary/aromatic N) is 4. The number of hydrogen-bond acceptors (Lipinski definition) is 6. The van der Waals surface area contributed by atoms with Crippen LogP contribution < -0.4 is 16.4 Å². The molecule has 1 aliphatic heterocycles. The quantitative estimate of drug-likeness (QED) is 0.594. The fraction of sp³-hybridized carbons (Fsp3) is 0.667. The molecule has 1 aliphatic carbocycles. The Morgan fingerprint density at radius 1 is 1.22 bits per heavy atom. The Hall–Kier alpha value is -1.54. The molecule has 2 N–H and O–H groups in total. The van der Waals surface area contributed by atoms with Crippen LogP contribution in [0.4, 0.5) is 0 Å². The standard InChI is InChI=1S/C15H23N5O2S/c1-18-6-8-19(9-7-18)20-12-5-3-2-4-11(12)14(17-15(20)22)23-10-13(16)21/h2-10H2,1H3,(H2,16,21). The van der Waals surface area contributed by atoms with Gasteiger partial charge in [0.25, 0.3) is 0 Å². The minimum atomic E-state index is -0.385. The maximum atomic E-state index is 12.6. The molecule has 23 heavy (non-hydrogen) atoms. The topological polar surface area (TPSA) is 84.5 Å². The molecule has 2 heterocycles. The van der Waals surface area contributed by atoms with Crippen molar-refractivity contribution < 1.29 is 4.79 Å². The molecular formula is C15H23N5O2S. The van der Waals surface area contributed by atoms with E-state index in [1.54, 1.807) is 4.68 Å². The normalized spacial score (nSPS) is 18.7. The molecule has 1 aromatic rings. The summed E-state index contributed by atoms with van der Waals surface area (Å²) in [5.74, 6) is -0.221. The molecule has 7 nitrogen and oxygen atoms in total. The average molecular weight is 337 g/mol. The van der Waals surface area contributed by atoms with Crippen LogP contribution in [0.2, 0.25) is 0 Å². The van der Waals surface area contributed by atoms with Crippen molar-refractivity contribution in [3.63, 3.8) is 0 Å². The van der Waals surface area contributed by atoms with Gasteiger partial charge in [0.15, 0.2) is 0 Å². The van der Waals surface area contributed by atoms with E-state index in [4.69, 9.17) is 5.73 Å². The largest absolute Gasteiger partial charge is 0.369 e. The van der Waals surface area contributed by atoms with E-state index in [0.29, 0.717) is 5.03 Å². The number of fused-ring (bicyclic) bond motifs is 1. The summed E-state index contributed by atoms with van der Waals surface area (Å²) in [6.45, 7) is 3.55. The van der Waals surface area contributed by atoms with Crippen LogP contribution in [-0.4, -0.2) is 59.4 Å². The summed E-state index contributed by atoms with van der Waals surface area (Å²) in [6.07, 6.45) is 3.99. The van der Waals surface area contributed by atoms with Gasteiger partial charge in [-0.2, -0.15) is 4.98 Å². The summed E-state index contributed by atoms with van der Waals surface area (Å²) in [6, 6.07) is 0. The maximum absolute atomic E-state index is 12.6. The SMILES string of the molecule is CN1CCN(n2c3c(c(SCC(N)=O)nc2=O)CCCC3)CC1. The highest BCUT2D eigenvalue weighted by molar-refractivity contribution is 7.99. The van der Waals surface area contributed by atoms with Gasteiger partial charge >= 0.3 is 5.69 Å². The van der Waals surface area contributed by atoms with Gasteiger partial charge in [-0.15, -0.1) is 0 Å². The fourth-order valence-electron chi connectivity index (χ4n) is 3.22. The number of carbonyl (C=O) groups excluding carboxylic acids is 1. The molecule has 1 amide bonds. The van der Waals surface area contributed by atoms with Crippen molar-refractivity contribution in [2.45, 2.75) is 30.7 Å². The van der Waals surface area contributed by atoms with E-state index in [1.165, 1.54) is 11.8 Å². The molecular weight excluding hydrogens is 314 g/mol. The molecule has 0 atom stereocenters. The smallest absolute Gasteiger partial charge is 0.367 e. The number of rotatable bonds is 4. The number of nitrogens with two attached hydrogens (primary N) is 1. The molecule has 3 rings (SSSR count). The van der Waals surface area contributed by atoms with Gasteiger partial charge in [-0.25, -0.2) is 9.47 Å². The first kappa shape index (κ1) is 16.3. The number of carbonyl (C=O) groups is 1. The van der Waals surface area contributed by atoms with E-state index in [-0.39, 0.29) is 17.3 Å². The van der Waals surface area contributed by atoms with E-state index in [9.17, 15) is 9.59 Å². The summed E-state index contributed by atoms with van der Waals surface area (Å²) in [5, 5.41) is 2.80. The molecule has 0 radical (unpaired) electrons. The van der Waals surface area contributed by atoms with Crippen molar-refractivity contribution in [3.05, 3.63) is 21.7 Å². The Morgan fingerprint density at radius 3 is 2.61 bits per heavy atom. The third-order valence-corrected chi connectivity index (χ3v) is 5.48. The molecule has 0 aromatic carbocycles. The molecule has 1 aromatic heterocycles. The third kappa shape index (κ3) is 3.53. The van der Waals surface area contributed by atoms with Gasteiger partial charge < -0.3 is 15.6 Å². The van der Waals surface area contributed by atoms with E-state index >= 15 is 0 Å². The highest BCUT2D eigenvalue weighted by Crippen LogP contribution is 2.28. The highest BCUT2D eigenvalue weighted by Gasteiger charge is 2.25. The molecule has 0 saturated carbocycles. The van der Waals surface area contributed by atoms with E-state index in [1.807, 2.05) is 0 Å². The first-order chi connectivity index (χ1) is 11.1. The minimum absolute atomic E-state index is 0.164. The number of piperazine rings is 1. The second-order valence-electron chi connectivity index (χ2n) is 6.16. The Balaban J connectivity index is 1.97. The lowest BCUT2D eigenvalue weighted by atomic mass is 9.97. The first-order valence-corrected chi connectivity index (χ1v) is 9.04. The first-order valence-electron chi connectivity index (χ1n) is 8.06. The number of amides is 1. The van der Waals surface area contributed by atoms with Crippen LogP contribution in [0.25, 0.3) is 0 Å². The predicted octanol–water partition coefficient (Wildman–Crippen LogP) is -0.417. The molecule has 126 valence electrons. The molecule has 1 saturated heterocycles. The maximum Gasteiger partial charge on any atom is 0.367 e. The van der Waals surface area contributed by atoms with E-state index in [0.717, 1.165) is 63.1 Å². The Bertz CT molecular complexity index is 652. The van der Waals surface area contributed by atoms with Crippen molar-refractivity contribution >= 4 is 17.7 Å². The van der Waals surface area contributed by atoms with Crippen LogP contribution in [0.5, 0.6) is 0 Å². The lowest BCUT2D eigenvalue weighted by Crippen LogP contribution is -2.54. The monoisotopic (exact) mass is 337 g/mol. The van der Waals surface area contributed by atoms with Gasteiger partial charge in [0, 0.05) is 31.7 Å². The van der Waals surface area contributed by atoms with Crippen molar-refractivity contribution in [2.75, 3.05) is 44.0 Å². The lowest BCUT2D eigenvalue weighted by Gasteiger charge is -2.37. The summed E-state index contributed by atoms with van der Waals surface area (Å²) in [4.78, 5) is 30.2. The molecule has 0 spiro atoms. The van der Waals surface area contributed by atoms with E-state index in [2.05, 4.69) is 21.9 Å². The summed E-state index contributed by atoms with van der Waals surface area (Å²) in [5.41, 5.74) is 7.20. The number of aromatic nitrogens is 2. The van der Waals surface area contributed by atoms with Crippen LogP contribution in [0, 0.1) is 0 Å². The van der Waals surface area contributed by atoms with Crippen LogP contribution in [0.3, 0.4) is 0 Å². The Labute approximate surface area is 139 Å². The van der Waals surface area contributed by atoms with Gasteiger partial charge in [-0.05, 0) is 32.7 Å². The van der Waals surface area contributed by atoms with Crippen LogP contribution >= 0.6 is 11.8 Å². The second-order valence-corrected chi connectivity index (χ2v) is 7.12. The van der Waals surface area contributed by atoms with E-state index < -0.39 is 0 Å². The molecule has 1 fully saturated rings. The highest BCUT2D eigenvalue weighted by atomic mass is 32.2. The lowest BCUT2D eigenvalue weighted by molar-refractivity contribution is -0.115. The number of thioether (sulfide) groups is 1.